The maximum absolute atomic E-state index is 11.6. The van der Waals surface area contributed by atoms with Gasteiger partial charge in [-0.2, -0.15) is 0 Å². The van der Waals surface area contributed by atoms with Crippen LogP contribution < -0.4 is 15.4 Å². The normalized spacial score (nSPS) is 9.67. The SMILES string of the molecule is CCCNC(=O)CC(=O)Nc1ccccc1OC. The van der Waals surface area contributed by atoms with E-state index >= 15 is 0 Å². The molecule has 1 aromatic rings. The molecule has 0 saturated heterocycles. The summed E-state index contributed by atoms with van der Waals surface area (Å²) in [6, 6.07) is 7.06. The Kier molecular flexibility index (Phi) is 5.70. The number of amides is 2. The fraction of sp³-hybridized carbons (Fsp3) is 0.385. The van der Waals surface area contributed by atoms with E-state index in [0.29, 0.717) is 18.0 Å². The van der Waals surface area contributed by atoms with E-state index in [4.69, 9.17) is 4.74 Å². The van der Waals surface area contributed by atoms with Gasteiger partial charge in [-0.1, -0.05) is 19.1 Å². The lowest BCUT2D eigenvalue weighted by Gasteiger charge is -2.09. The third kappa shape index (κ3) is 4.45. The van der Waals surface area contributed by atoms with E-state index in [1.165, 1.54) is 7.11 Å². The van der Waals surface area contributed by atoms with Crippen LogP contribution in [0.15, 0.2) is 24.3 Å². The van der Waals surface area contributed by atoms with Gasteiger partial charge in [-0.25, -0.2) is 0 Å². The zero-order chi connectivity index (χ0) is 13.4. The molecule has 0 heterocycles. The third-order valence-corrected chi connectivity index (χ3v) is 2.27. The van der Waals surface area contributed by atoms with Crippen molar-refractivity contribution in [3.63, 3.8) is 0 Å². The standard InChI is InChI=1S/C13H18N2O3/c1-3-8-14-12(16)9-13(17)15-10-6-4-5-7-11(10)18-2/h4-7H,3,8-9H2,1-2H3,(H,14,16)(H,15,17). The number of para-hydroxylation sites is 2. The molecule has 0 bridgehead atoms. The first-order chi connectivity index (χ1) is 8.67. The van der Waals surface area contributed by atoms with Crippen LogP contribution in [0.5, 0.6) is 5.75 Å². The number of carbonyl (C=O) groups excluding carboxylic acids is 2. The minimum Gasteiger partial charge on any atom is -0.495 e. The Labute approximate surface area is 107 Å². The van der Waals surface area contributed by atoms with E-state index in [-0.39, 0.29) is 18.2 Å². The summed E-state index contributed by atoms with van der Waals surface area (Å²) in [7, 11) is 1.53. The lowest BCUT2D eigenvalue weighted by Crippen LogP contribution is -2.28. The highest BCUT2D eigenvalue weighted by Gasteiger charge is 2.10. The van der Waals surface area contributed by atoms with Crippen molar-refractivity contribution < 1.29 is 14.3 Å². The van der Waals surface area contributed by atoms with Gasteiger partial charge >= 0.3 is 0 Å². The van der Waals surface area contributed by atoms with Gasteiger partial charge in [0.25, 0.3) is 0 Å². The second kappa shape index (κ2) is 7.32. The van der Waals surface area contributed by atoms with E-state index in [1.54, 1.807) is 18.2 Å². The highest BCUT2D eigenvalue weighted by molar-refractivity contribution is 6.04. The van der Waals surface area contributed by atoms with Crippen LogP contribution in [0, 0.1) is 0 Å². The number of ether oxygens (including phenoxy) is 1. The fourth-order valence-corrected chi connectivity index (χ4v) is 1.42. The van der Waals surface area contributed by atoms with Gasteiger partial charge in [0.05, 0.1) is 12.8 Å². The summed E-state index contributed by atoms with van der Waals surface area (Å²) in [6.45, 7) is 2.54. The largest absolute Gasteiger partial charge is 0.495 e. The number of nitrogens with one attached hydrogen (secondary N) is 2. The third-order valence-electron chi connectivity index (χ3n) is 2.27. The van der Waals surface area contributed by atoms with Gasteiger partial charge in [0.1, 0.15) is 12.2 Å². The van der Waals surface area contributed by atoms with Crippen LogP contribution in [0.1, 0.15) is 19.8 Å². The second-order valence-corrected chi connectivity index (χ2v) is 3.78. The summed E-state index contributed by atoms with van der Waals surface area (Å²) < 4.78 is 5.10. The Morgan fingerprint density at radius 3 is 2.61 bits per heavy atom. The average Bonchev–Trinajstić information content (AvgIpc) is 2.36. The Balaban J connectivity index is 2.51. The van der Waals surface area contributed by atoms with Gasteiger partial charge in [-0.3, -0.25) is 9.59 Å². The maximum atomic E-state index is 11.6. The van der Waals surface area contributed by atoms with E-state index in [0.717, 1.165) is 6.42 Å². The zero-order valence-corrected chi connectivity index (χ0v) is 10.7. The van der Waals surface area contributed by atoms with Crippen LogP contribution in [0.25, 0.3) is 0 Å². The molecule has 0 saturated carbocycles. The second-order valence-electron chi connectivity index (χ2n) is 3.78. The number of hydrogen-bond acceptors (Lipinski definition) is 3. The Morgan fingerprint density at radius 2 is 1.94 bits per heavy atom. The van der Waals surface area contributed by atoms with E-state index in [9.17, 15) is 9.59 Å². The van der Waals surface area contributed by atoms with Crippen LogP contribution in [0.4, 0.5) is 5.69 Å². The Bertz CT molecular complexity index is 418. The van der Waals surface area contributed by atoms with Crippen molar-refractivity contribution in [1.29, 1.82) is 0 Å². The highest BCUT2D eigenvalue weighted by atomic mass is 16.5. The number of benzene rings is 1. The molecule has 0 radical (unpaired) electrons. The average molecular weight is 250 g/mol. The summed E-state index contributed by atoms with van der Waals surface area (Å²) in [5, 5.41) is 5.29. The molecule has 5 heteroatoms. The van der Waals surface area contributed by atoms with E-state index < -0.39 is 0 Å². The Morgan fingerprint density at radius 1 is 1.22 bits per heavy atom. The predicted molar refractivity (Wildman–Crippen MR) is 69.5 cm³/mol. The zero-order valence-electron chi connectivity index (χ0n) is 10.7. The van der Waals surface area contributed by atoms with Crippen molar-refractivity contribution >= 4 is 17.5 Å². The molecule has 1 aromatic carbocycles. The molecular formula is C13H18N2O3. The number of hydrogen-bond donors (Lipinski definition) is 2. The molecule has 98 valence electrons. The van der Waals surface area contributed by atoms with Crippen LogP contribution >= 0.6 is 0 Å². The molecule has 18 heavy (non-hydrogen) atoms. The molecule has 2 amide bonds. The number of carbonyl (C=O) groups is 2. The topological polar surface area (TPSA) is 67.4 Å². The lowest BCUT2D eigenvalue weighted by atomic mass is 10.2. The number of anilines is 1. The Hall–Kier alpha value is -2.04. The summed E-state index contributed by atoms with van der Waals surface area (Å²) in [4.78, 5) is 23.0. The van der Waals surface area contributed by atoms with E-state index in [2.05, 4.69) is 10.6 Å². The molecule has 0 aliphatic carbocycles. The number of methoxy groups -OCH3 is 1. The summed E-state index contributed by atoms with van der Waals surface area (Å²) in [5.74, 6) is -0.0582. The molecule has 0 atom stereocenters. The molecule has 0 fully saturated rings. The highest BCUT2D eigenvalue weighted by Crippen LogP contribution is 2.22. The monoisotopic (exact) mass is 250 g/mol. The first-order valence-electron chi connectivity index (χ1n) is 5.87. The molecular weight excluding hydrogens is 232 g/mol. The fourth-order valence-electron chi connectivity index (χ4n) is 1.42. The van der Waals surface area contributed by atoms with Crippen molar-refractivity contribution in [2.24, 2.45) is 0 Å². The molecule has 0 aromatic heterocycles. The van der Waals surface area contributed by atoms with E-state index in [1.807, 2.05) is 13.0 Å². The first-order valence-corrected chi connectivity index (χ1v) is 5.87. The molecule has 0 aliphatic heterocycles. The van der Waals surface area contributed by atoms with Crippen molar-refractivity contribution in [3.8, 4) is 5.75 Å². The summed E-state index contributed by atoms with van der Waals surface area (Å²) >= 11 is 0. The van der Waals surface area contributed by atoms with Gasteiger partial charge in [0, 0.05) is 6.54 Å². The van der Waals surface area contributed by atoms with Crippen molar-refractivity contribution in [1.82, 2.24) is 5.32 Å². The van der Waals surface area contributed by atoms with Gasteiger partial charge < -0.3 is 15.4 Å². The van der Waals surface area contributed by atoms with Crippen LogP contribution in [-0.4, -0.2) is 25.5 Å². The molecule has 5 nitrogen and oxygen atoms in total. The van der Waals surface area contributed by atoms with Gasteiger partial charge in [0.2, 0.25) is 11.8 Å². The summed E-state index contributed by atoms with van der Waals surface area (Å²) in [5.41, 5.74) is 0.563. The van der Waals surface area contributed by atoms with Crippen LogP contribution in [0.3, 0.4) is 0 Å². The minimum atomic E-state index is -0.354. The number of rotatable bonds is 6. The maximum Gasteiger partial charge on any atom is 0.233 e. The predicted octanol–water partition coefficient (Wildman–Crippen LogP) is 1.55. The van der Waals surface area contributed by atoms with Crippen molar-refractivity contribution in [3.05, 3.63) is 24.3 Å². The first kappa shape index (κ1) is 14.0. The van der Waals surface area contributed by atoms with Crippen molar-refractivity contribution in [2.75, 3.05) is 19.0 Å². The molecule has 2 N–H and O–H groups in total. The van der Waals surface area contributed by atoms with Gasteiger partial charge in [-0.15, -0.1) is 0 Å². The lowest BCUT2D eigenvalue weighted by molar-refractivity contribution is -0.126. The molecule has 0 aliphatic rings. The van der Waals surface area contributed by atoms with Crippen LogP contribution in [0.2, 0.25) is 0 Å². The van der Waals surface area contributed by atoms with Gasteiger partial charge in [-0.05, 0) is 18.6 Å². The van der Waals surface area contributed by atoms with Crippen molar-refractivity contribution in [2.45, 2.75) is 19.8 Å². The molecule has 0 spiro atoms. The molecule has 0 unspecified atom stereocenters. The summed E-state index contributed by atoms with van der Waals surface area (Å²) in [6.07, 6.45) is 0.665. The van der Waals surface area contributed by atoms with Gasteiger partial charge in [0.15, 0.2) is 0 Å². The van der Waals surface area contributed by atoms with Crippen LogP contribution in [-0.2, 0) is 9.59 Å². The smallest absolute Gasteiger partial charge is 0.233 e. The minimum absolute atomic E-state index is 0.182. The quantitative estimate of drug-likeness (QED) is 0.753. The molecule has 1 rings (SSSR count).